The number of nitrogens with zero attached hydrogens (tertiary/aromatic N) is 2. The van der Waals surface area contributed by atoms with Crippen LogP contribution in [0.2, 0.25) is 0 Å². The molecule has 1 unspecified atom stereocenters. The van der Waals surface area contributed by atoms with E-state index in [0.29, 0.717) is 18.0 Å². The van der Waals surface area contributed by atoms with Crippen molar-refractivity contribution in [3.8, 4) is 11.8 Å². The van der Waals surface area contributed by atoms with Crippen molar-refractivity contribution in [2.45, 2.75) is 12.8 Å². The minimum Gasteiger partial charge on any atom is -0.497 e. The molecule has 0 aliphatic carbocycles. The highest BCUT2D eigenvalue weighted by Crippen LogP contribution is 2.29. The van der Waals surface area contributed by atoms with Gasteiger partial charge in [-0.25, -0.2) is 0 Å². The summed E-state index contributed by atoms with van der Waals surface area (Å²) < 4.78 is 5.24. The molecule has 1 fully saturated rings. The fourth-order valence-electron chi connectivity index (χ4n) is 2.47. The number of hydrogen-bond donors (Lipinski definition) is 1. The number of nitrogens with two attached hydrogens (primary N) is 1. The Kier molecular flexibility index (Phi) is 4.06. The van der Waals surface area contributed by atoms with Gasteiger partial charge in [0, 0.05) is 19.2 Å². The predicted molar refractivity (Wildman–Crippen MR) is 71.7 cm³/mol. The minimum atomic E-state index is 0.525. The molecule has 1 aliphatic heterocycles. The summed E-state index contributed by atoms with van der Waals surface area (Å²) in [5, 5.41) is 9.19. The highest BCUT2D eigenvalue weighted by Gasteiger charge is 2.21. The van der Waals surface area contributed by atoms with Crippen LogP contribution < -0.4 is 15.4 Å². The molecule has 18 heavy (non-hydrogen) atoms. The van der Waals surface area contributed by atoms with E-state index in [4.69, 9.17) is 10.5 Å². The van der Waals surface area contributed by atoms with Crippen LogP contribution in [-0.2, 0) is 0 Å². The fraction of sp³-hybridized carbons (Fsp3) is 0.500. The summed E-state index contributed by atoms with van der Waals surface area (Å²) in [6, 6.07) is 7.84. The van der Waals surface area contributed by atoms with E-state index in [1.165, 1.54) is 6.42 Å². The van der Waals surface area contributed by atoms with Gasteiger partial charge in [0.25, 0.3) is 0 Å². The molecule has 2 rings (SSSR count). The standard InChI is InChI=1S/C14H19N3O/c1-18-13-5-4-12(9-16)14(7-13)17-6-2-3-11(8-15)10-17/h4-5,7,11H,2-3,6,8,10,15H2,1H3. The maximum Gasteiger partial charge on any atom is 0.121 e. The lowest BCUT2D eigenvalue weighted by Gasteiger charge is -2.34. The zero-order chi connectivity index (χ0) is 13.0. The molecule has 1 saturated heterocycles. The quantitative estimate of drug-likeness (QED) is 0.881. The average molecular weight is 245 g/mol. The van der Waals surface area contributed by atoms with Crippen LogP contribution in [0.15, 0.2) is 18.2 Å². The van der Waals surface area contributed by atoms with Crippen molar-refractivity contribution in [2.24, 2.45) is 11.7 Å². The molecule has 2 N–H and O–H groups in total. The lowest BCUT2D eigenvalue weighted by molar-refractivity contribution is 0.411. The van der Waals surface area contributed by atoms with Crippen molar-refractivity contribution in [2.75, 3.05) is 31.6 Å². The van der Waals surface area contributed by atoms with Gasteiger partial charge in [0.15, 0.2) is 0 Å². The second kappa shape index (κ2) is 5.74. The van der Waals surface area contributed by atoms with Crippen molar-refractivity contribution in [1.29, 1.82) is 5.26 Å². The number of benzene rings is 1. The molecular formula is C14H19N3O. The number of anilines is 1. The summed E-state index contributed by atoms with van der Waals surface area (Å²) in [5.74, 6) is 1.32. The van der Waals surface area contributed by atoms with E-state index in [9.17, 15) is 5.26 Å². The third-order valence-corrected chi connectivity index (χ3v) is 3.52. The van der Waals surface area contributed by atoms with Gasteiger partial charge >= 0.3 is 0 Å². The van der Waals surface area contributed by atoms with Gasteiger partial charge < -0.3 is 15.4 Å². The SMILES string of the molecule is COc1ccc(C#N)c(N2CCCC(CN)C2)c1. The van der Waals surface area contributed by atoms with Crippen LogP contribution in [0.5, 0.6) is 5.75 Å². The van der Waals surface area contributed by atoms with E-state index < -0.39 is 0 Å². The summed E-state index contributed by atoms with van der Waals surface area (Å²) in [4.78, 5) is 2.25. The Hall–Kier alpha value is -1.73. The van der Waals surface area contributed by atoms with Gasteiger partial charge in [-0.3, -0.25) is 0 Å². The molecule has 1 heterocycles. The normalized spacial score (nSPS) is 19.4. The van der Waals surface area contributed by atoms with Crippen LogP contribution >= 0.6 is 0 Å². The molecule has 0 radical (unpaired) electrons. The molecule has 0 spiro atoms. The second-order valence-corrected chi connectivity index (χ2v) is 4.68. The zero-order valence-corrected chi connectivity index (χ0v) is 10.7. The molecule has 0 aromatic heterocycles. The van der Waals surface area contributed by atoms with Crippen LogP contribution in [0.3, 0.4) is 0 Å². The van der Waals surface area contributed by atoms with Gasteiger partial charge in [0.1, 0.15) is 11.8 Å². The highest BCUT2D eigenvalue weighted by atomic mass is 16.5. The number of piperidine rings is 1. The summed E-state index contributed by atoms with van der Waals surface area (Å²) >= 11 is 0. The van der Waals surface area contributed by atoms with Gasteiger partial charge in [-0.2, -0.15) is 5.26 Å². The predicted octanol–water partition coefficient (Wildman–Crippen LogP) is 1.74. The molecule has 0 saturated carbocycles. The van der Waals surface area contributed by atoms with E-state index in [0.717, 1.165) is 30.9 Å². The summed E-state index contributed by atoms with van der Waals surface area (Å²) in [6.45, 7) is 2.62. The maximum atomic E-state index is 9.19. The molecule has 1 aromatic rings. The highest BCUT2D eigenvalue weighted by molar-refractivity contribution is 5.62. The van der Waals surface area contributed by atoms with Crippen molar-refractivity contribution < 1.29 is 4.74 Å². The van der Waals surface area contributed by atoms with E-state index >= 15 is 0 Å². The zero-order valence-electron chi connectivity index (χ0n) is 10.7. The summed E-state index contributed by atoms with van der Waals surface area (Å²) in [7, 11) is 1.64. The topological polar surface area (TPSA) is 62.3 Å². The van der Waals surface area contributed by atoms with Crippen molar-refractivity contribution >= 4 is 5.69 Å². The van der Waals surface area contributed by atoms with Crippen LogP contribution in [0.25, 0.3) is 0 Å². The van der Waals surface area contributed by atoms with Crippen molar-refractivity contribution in [3.05, 3.63) is 23.8 Å². The lowest BCUT2D eigenvalue weighted by atomic mass is 9.97. The molecule has 1 aliphatic rings. The smallest absolute Gasteiger partial charge is 0.121 e. The molecule has 96 valence electrons. The van der Waals surface area contributed by atoms with Gasteiger partial charge in [0.05, 0.1) is 18.4 Å². The Bertz CT molecular complexity index is 453. The molecule has 4 heteroatoms. The van der Waals surface area contributed by atoms with E-state index in [1.54, 1.807) is 7.11 Å². The van der Waals surface area contributed by atoms with Crippen LogP contribution in [-0.4, -0.2) is 26.7 Å². The monoisotopic (exact) mass is 245 g/mol. The minimum absolute atomic E-state index is 0.525. The third kappa shape index (κ3) is 2.57. The molecular weight excluding hydrogens is 226 g/mol. The maximum absolute atomic E-state index is 9.19. The van der Waals surface area contributed by atoms with Crippen LogP contribution in [0.1, 0.15) is 18.4 Å². The molecule has 0 bridgehead atoms. The van der Waals surface area contributed by atoms with Gasteiger partial charge in [-0.15, -0.1) is 0 Å². The van der Waals surface area contributed by atoms with Crippen LogP contribution in [0.4, 0.5) is 5.69 Å². The number of rotatable bonds is 3. The fourth-order valence-corrected chi connectivity index (χ4v) is 2.47. The summed E-state index contributed by atoms with van der Waals surface area (Å²) in [6.07, 6.45) is 2.31. The van der Waals surface area contributed by atoms with Crippen LogP contribution in [0, 0.1) is 17.2 Å². The van der Waals surface area contributed by atoms with Gasteiger partial charge in [-0.05, 0) is 37.4 Å². The van der Waals surface area contributed by atoms with E-state index in [-0.39, 0.29) is 0 Å². The molecule has 1 aromatic carbocycles. The first-order valence-electron chi connectivity index (χ1n) is 6.31. The Balaban J connectivity index is 2.28. The summed E-state index contributed by atoms with van der Waals surface area (Å²) in [5.41, 5.74) is 7.42. The molecule has 1 atom stereocenters. The third-order valence-electron chi connectivity index (χ3n) is 3.52. The Morgan fingerprint density at radius 3 is 3.06 bits per heavy atom. The first-order valence-corrected chi connectivity index (χ1v) is 6.31. The van der Waals surface area contributed by atoms with E-state index in [2.05, 4.69) is 11.0 Å². The first-order chi connectivity index (χ1) is 8.78. The number of methoxy groups -OCH3 is 1. The average Bonchev–Trinajstić information content (AvgIpc) is 2.46. The first kappa shape index (κ1) is 12.7. The van der Waals surface area contributed by atoms with Crippen molar-refractivity contribution in [1.82, 2.24) is 0 Å². The Morgan fingerprint density at radius 1 is 1.56 bits per heavy atom. The molecule has 4 nitrogen and oxygen atoms in total. The molecule has 0 amide bonds. The van der Waals surface area contributed by atoms with E-state index in [1.807, 2.05) is 18.2 Å². The lowest BCUT2D eigenvalue weighted by Crippen LogP contribution is -2.38. The Morgan fingerprint density at radius 2 is 2.39 bits per heavy atom. The van der Waals surface area contributed by atoms with Gasteiger partial charge in [-0.1, -0.05) is 0 Å². The Labute approximate surface area is 108 Å². The van der Waals surface area contributed by atoms with Gasteiger partial charge in [0.2, 0.25) is 0 Å². The number of hydrogen-bond acceptors (Lipinski definition) is 4. The second-order valence-electron chi connectivity index (χ2n) is 4.68. The largest absolute Gasteiger partial charge is 0.497 e. The number of nitriles is 1. The van der Waals surface area contributed by atoms with Crippen molar-refractivity contribution in [3.63, 3.8) is 0 Å². The number of ether oxygens (including phenoxy) is 1.